The zero-order valence-corrected chi connectivity index (χ0v) is 16.4. The van der Waals surface area contributed by atoms with Crippen LogP contribution in [-0.2, 0) is 22.5 Å². The molecule has 148 valence electrons. The number of carbonyl (C=O) groups is 2. The standard InChI is InChI=1S/C20H21ClN2O5/c1-26-17-7-12-5-6-23(10-13(12)8-18(17)27-2)19(24)11-28-20(25)15-4-3-14(21)9-16(15)22/h3-4,7-9H,5-6,10-11,22H2,1-2H3. The quantitative estimate of drug-likeness (QED) is 0.608. The van der Waals surface area contributed by atoms with Crippen LogP contribution in [0.5, 0.6) is 11.5 Å². The summed E-state index contributed by atoms with van der Waals surface area (Å²) in [4.78, 5) is 26.3. The molecule has 0 aromatic heterocycles. The summed E-state index contributed by atoms with van der Waals surface area (Å²) >= 11 is 5.82. The molecule has 28 heavy (non-hydrogen) atoms. The zero-order chi connectivity index (χ0) is 20.3. The topological polar surface area (TPSA) is 91.1 Å². The SMILES string of the molecule is COc1cc2c(cc1OC)CN(C(=O)COC(=O)c1ccc(Cl)cc1N)CC2. The van der Waals surface area contributed by atoms with Crippen LogP contribution in [0.2, 0.25) is 5.02 Å². The Bertz CT molecular complexity index is 916. The molecule has 0 atom stereocenters. The van der Waals surface area contributed by atoms with Crippen molar-refractivity contribution in [3.63, 3.8) is 0 Å². The van der Waals surface area contributed by atoms with Gasteiger partial charge in [-0.1, -0.05) is 11.6 Å². The maximum absolute atomic E-state index is 12.5. The van der Waals surface area contributed by atoms with Gasteiger partial charge >= 0.3 is 5.97 Å². The Hall–Kier alpha value is -2.93. The molecule has 0 unspecified atom stereocenters. The Kier molecular flexibility index (Phi) is 5.94. The third-order valence-electron chi connectivity index (χ3n) is 4.63. The first kappa shape index (κ1) is 19.8. The molecule has 3 rings (SSSR count). The molecule has 0 saturated heterocycles. The van der Waals surface area contributed by atoms with E-state index in [4.69, 9.17) is 31.5 Å². The predicted octanol–water partition coefficient (Wildman–Crippen LogP) is 2.68. The van der Waals surface area contributed by atoms with E-state index in [0.717, 1.165) is 11.1 Å². The second-order valence-corrected chi connectivity index (χ2v) is 6.79. The molecule has 2 aromatic rings. The van der Waals surface area contributed by atoms with E-state index in [1.165, 1.54) is 12.1 Å². The minimum Gasteiger partial charge on any atom is -0.493 e. The van der Waals surface area contributed by atoms with Gasteiger partial charge in [-0.25, -0.2) is 4.79 Å². The lowest BCUT2D eigenvalue weighted by Gasteiger charge is -2.29. The molecule has 1 amide bonds. The van der Waals surface area contributed by atoms with E-state index in [1.54, 1.807) is 25.2 Å². The number of ether oxygens (including phenoxy) is 3. The molecule has 1 aliphatic heterocycles. The van der Waals surface area contributed by atoms with Gasteiger partial charge in [0.1, 0.15) is 0 Å². The summed E-state index contributed by atoms with van der Waals surface area (Å²) in [6.45, 7) is 0.584. The highest BCUT2D eigenvalue weighted by atomic mass is 35.5. The molecule has 2 N–H and O–H groups in total. The number of nitrogens with zero attached hydrogens (tertiary/aromatic N) is 1. The van der Waals surface area contributed by atoms with Crippen molar-refractivity contribution in [2.75, 3.05) is 33.1 Å². The number of methoxy groups -OCH3 is 2. The lowest BCUT2D eigenvalue weighted by molar-refractivity contribution is -0.135. The van der Waals surface area contributed by atoms with Crippen molar-refractivity contribution < 1.29 is 23.8 Å². The lowest BCUT2D eigenvalue weighted by atomic mass is 9.99. The summed E-state index contributed by atoms with van der Waals surface area (Å²) in [5.74, 6) is 0.336. The van der Waals surface area contributed by atoms with Crippen LogP contribution in [0, 0.1) is 0 Å². The Labute approximate surface area is 167 Å². The van der Waals surface area contributed by atoms with E-state index >= 15 is 0 Å². The second kappa shape index (κ2) is 8.39. The van der Waals surface area contributed by atoms with Crippen molar-refractivity contribution in [2.45, 2.75) is 13.0 Å². The minimum atomic E-state index is -0.661. The highest BCUT2D eigenvalue weighted by Gasteiger charge is 2.24. The fourth-order valence-corrected chi connectivity index (χ4v) is 3.29. The van der Waals surface area contributed by atoms with Crippen molar-refractivity contribution in [3.05, 3.63) is 52.0 Å². The number of fused-ring (bicyclic) bond motifs is 1. The first-order valence-electron chi connectivity index (χ1n) is 8.66. The molecule has 2 aromatic carbocycles. The van der Waals surface area contributed by atoms with E-state index in [9.17, 15) is 9.59 Å². The summed E-state index contributed by atoms with van der Waals surface area (Å²) in [6.07, 6.45) is 0.680. The smallest absolute Gasteiger partial charge is 0.340 e. The van der Waals surface area contributed by atoms with E-state index in [1.807, 2.05) is 12.1 Å². The molecule has 0 fully saturated rings. The molecular weight excluding hydrogens is 384 g/mol. The van der Waals surface area contributed by atoms with Gasteiger partial charge in [-0.15, -0.1) is 0 Å². The number of esters is 1. The van der Waals surface area contributed by atoms with Crippen LogP contribution >= 0.6 is 11.6 Å². The van der Waals surface area contributed by atoms with E-state index in [2.05, 4.69) is 0 Å². The number of carbonyl (C=O) groups excluding carboxylic acids is 2. The molecule has 1 aliphatic rings. The molecule has 0 bridgehead atoms. The van der Waals surface area contributed by atoms with Crippen molar-refractivity contribution >= 4 is 29.2 Å². The van der Waals surface area contributed by atoms with Crippen LogP contribution in [0.1, 0.15) is 21.5 Å². The Morgan fingerprint density at radius 3 is 2.43 bits per heavy atom. The van der Waals surface area contributed by atoms with E-state index in [-0.39, 0.29) is 23.8 Å². The number of anilines is 1. The number of hydrogen-bond donors (Lipinski definition) is 1. The molecule has 1 heterocycles. The van der Waals surface area contributed by atoms with E-state index < -0.39 is 5.97 Å². The number of halogens is 1. The molecule has 8 heteroatoms. The fourth-order valence-electron chi connectivity index (χ4n) is 3.11. The van der Waals surface area contributed by atoms with Gasteiger partial charge in [0, 0.05) is 23.8 Å². The highest BCUT2D eigenvalue weighted by molar-refractivity contribution is 6.31. The number of nitrogens with two attached hydrogens (primary N) is 1. The van der Waals surface area contributed by atoms with Crippen LogP contribution in [0.15, 0.2) is 30.3 Å². The third kappa shape index (κ3) is 4.14. The van der Waals surface area contributed by atoms with Crippen LogP contribution < -0.4 is 15.2 Å². The lowest BCUT2D eigenvalue weighted by Crippen LogP contribution is -2.38. The largest absolute Gasteiger partial charge is 0.493 e. The maximum Gasteiger partial charge on any atom is 0.340 e. The molecular formula is C20H21ClN2O5. The van der Waals surface area contributed by atoms with Crippen LogP contribution in [-0.4, -0.2) is 44.1 Å². The number of hydrogen-bond acceptors (Lipinski definition) is 6. The monoisotopic (exact) mass is 404 g/mol. The number of benzene rings is 2. The van der Waals surface area contributed by atoms with Gasteiger partial charge in [-0.2, -0.15) is 0 Å². The molecule has 0 aliphatic carbocycles. The Morgan fingerprint density at radius 2 is 1.79 bits per heavy atom. The average molecular weight is 405 g/mol. The Balaban J connectivity index is 1.64. The first-order chi connectivity index (χ1) is 13.4. The second-order valence-electron chi connectivity index (χ2n) is 6.35. The van der Waals surface area contributed by atoms with Gasteiger partial charge in [-0.05, 0) is 47.9 Å². The first-order valence-corrected chi connectivity index (χ1v) is 9.04. The normalized spacial score (nSPS) is 12.9. The van der Waals surface area contributed by atoms with Gasteiger partial charge in [0.2, 0.25) is 0 Å². The van der Waals surface area contributed by atoms with Gasteiger partial charge in [0.05, 0.1) is 19.8 Å². The van der Waals surface area contributed by atoms with Gasteiger partial charge in [0.25, 0.3) is 5.91 Å². The van der Waals surface area contributed by atoms with Crippen LogP contribution in [0.25, 0.3) is 0 Å². The minimum absolute atomic E-state index is 0.179. The highest BCUT2D eigenvalue weighted by Crippen LogP contribution is 2.33. The van der Waals surface area contributed by atoms with Crippen molar-refractivity contribution in [1.82, 2.24) is 4.90 Å². The third-order valence-corrected chi connectivity index (χ3v) is 4.87. The van der Waals surface area contributed by atoms with Gasteiger partial charge < -0.3 is 24.8 Å². The number of amides is 1. The fraction of sp³-hybridized carbons (Fsp3) is 0.300. The van der Waals surface area contributed by atoms with Crippen LogP contribution in [0.3, 0.4) is 0 Å². The zero-order valence-electron chi connectivity index (χ0n) is 15.7. The molecule has 0 spiro atoms. The molecule has 0 saturated carbocycles. The van der Waals surface area contributed by atoms with Crippen molar-refractivity contribution in [2.24, 2.45) is 0 Å². The maximum atomic E-state index is 12.5. The van der Waals surface area contributed by atoms with E-state index in [0.29, 0.717) is 36.0 Å². The van der Waals surface area contributed by atoms with Crippen LogP contribution in [0.4, 0.5) is 5.69 Å². The van der Waals surface area contributed by atoms with Gasteiger partial charge in [0.15, 0.2) is 18.1 Å². The number of nitrogen functional groups attached to an aromatic ring is 1. The summed E-state index contributed by atoms with van der Waals surface area (Å²) in [7, 11) is 3.16. The molecule has 7 nitrogen and oxygen atoms in total. The van der Waals surface area contributed by atoms with Crippen molar-refractivity contribution in [3.8, 4) is 11.5 Å². The summed E-state index contributed by atoms with van der Waals surface area (Å²) < 4.78 is 15.8. The van der Waals surface area contributed by atoms with Gasteiger partial charge in [-0.3, -0.25) is 4.79 Å². The average Bonchev–Trinajstić information content (AvgIpc) is 2.70. The summed E-state index contributed by atoms with van der Waals surface area (Å²) in [6, 6.07) is 8.28. The Morgan fingerprint density at radius 1 is 1.11 bits per heavy atom. The van der Waals surface area contributed by atoms with Crippen molar-refractivity contribution in [1.29, 1.82) is 0 Å². The predicted molar refractivity (Wildman–Crippen MR) is 105 cm³/mol. The summed E-state index contributed by atoms with van der Waals surface area (Å²) in [5, 5.41) is 0.421. The summed E-state index contributed by atoms with van der Waals surface area (Å²) in [5.41, 5.74) is 8.24. The number of rotatable bonds is 5. The molecule has 0 radical (unpaired) electrons.